The summed E-state index contributed by atoms with van der Waals surface area (Å²) in [5.74, 6) is 1.40. The van der Waals surface area contributed by atoms with Crippen molar-refractivity contribution in [3.8, 4) is 0 Å². The van der Waals surface area contributed by atoms with Crippen LogP contribution in [0.4, 0.5) is 0 Å². The zero-order valence-electron chi connectivity index (χ0n) is 13.1. The van der Waals surface area contributed by atoms with Crippen LogP contribution in [0.1, 0.15) is 68.0 Å². The molecule has 0 radical (unpaired) electrons. The molecule has 1 aromatic heterocycles. The second-order valence-electron chi connectivity index (χ2n) is 7.50. The van der Waals surface area contributed by atoms with Crippen molar-refractivity contribution in [3.63, 3.8) is 0 Å². The predicted octanol–water partition coefficient (Wildman–Crippen LogP) is 3.79. The molecule has 2 aliphatic carbocycles. The zero-order valence-corrected chi connectivity index (χ0v) is 13.1. The molecule has 0 N–H and O–H groups in total. The van der Waals surface area contributed by atoms with Crippen molar-refractivity contribution in [2.45, 2.75) is 63.8 Å². The van der Waals surface area contributed by atoms with Gasteiger partial charge >= 0.3 is 0 Å². The van der Waals surface area contributed by atoms with E-state index in [1.165, 1.54) is 24.2 Å². The van der Waals surface area contributed by atoms with Gasteiger partial charge in [-0.1, -0.05) is 29.5 Å². The Hall–Kier alpha value is -1.64. The Bertz CT molecular complexity index is 678. The lowest BCUT2D eigenvalue weighted by Gasteiger charge is -2.41. The number of benzene rings is 1. The highest BCUT2D eigenvalue weighted by Crippen LogP contribution is 2.51. The molecule has 3 heteroatoms. The van der Waals surface area contributed by atoms with E-state index in [1.54, 1.807) is 11.1 Å². The number of aromatic nitrogens is 3. The lowest BCUT2D eigenvalue weighted by Crippen LogP contribution is -2.29. The molecule has 0 fully saturated rings. The first kappa shape index (κ1) is 13.1. The maximum atomic E-state index is 4.53. The van der Waals surface area contributed by atoms with E-state index in [4.69, 9.17) is 0 Å². The van der Waals surface area contributed by atoms with E-state index in [1.807, 2.05) is 0 Å². The van der Waals surface area contributed by atoms with Crippen molar-refractivity contribution < 1.29 is 0 Å². The van der Waals surface area contributed by atoms with Gasteiger partial charge in [0.1, 0.15) is 0 Å². The topological polar surface area (TPSA) is 30.7 Å². The lowest BCUT2D eigenvalue weighted by molar-refractivity contribution is 0.330. The minimum absolute atomic E-state index is 0.0245. The third-order valence-electron chi connectivity index (χ3n) is 5.10. The quantitative estimate of drug-likeness (QED) is 0.735. The van der Waals surface area contributed by atoms with Crippen LogP contribution in [0.2, 0.25) is 0 Å². The molecule has 3 nitrogen and oxygen atoms in total. The Morgan fingerprint density at radius 1 is 1.10 bits per heavy atom. The third-order valence-corrected chi connectivity index (χ3v) is 5.10. The summed E-state index contributed by atoms with van der Waals surface area (Å²) >= 11 is 0. The molecule has 2 aliphatic rings. The molecular weight excluding hydrogens is 258 g/mol. The van der Waals surface area contributed by atoms with Crippen LogP contribution < -0.4 is 0 Å². The number of rotatable bonds is 0. The van der Waals surface area contributed by atoms with E-state index in [9.17, 15) is 0 Å². The highest BCUT2D eigenvalue weighted by atomic mass is 15.5. The highest BCUT2D eigenvalue weighted by molar-refractivity contribution is 5.46. The number of hydrogen-bond donors (Lipinski definition) is 0. The van der Waals surface area contributed by atoms with Crippen LogP contribution in [-0.2, 0) is 18.4 Å². The SMILES string of the molecule is CC(C)(C)n1nnc2c1CCCC1c3ccccc3C1C2. The molecule has 0 amide bonds. The minimum atomic E-state index is 0.0245. The summed E-state index contributed by atoms with van der Waals surface area (Å²) < 4.78 is 2.15. The molecule has 0 saturated heterocycles. The van der Waals surface area contributed by atoms with Gasteiger partial charge in [-0.15, -0.1) is 5.10 Å². The van der Waals surface area contributed by atoms with Crippen LogP contribution in [0.5, 0.6) is 0 Å². The minimum Gasteiger partial charge on any atom is -0.244 e. The molecule has 4 rings (SSSR count). The van der Waals surface area contributed by atoms with Crippen LogP contribution >= 0.6 is 0 Å². The summed E-state index contributed by atoms with van der Waals surface area (Å²) in [5, 5.41) is 8.99. The maximum absolute atomic E-state index is 4.53. The molecule has 2 aromatic rings. The van der Waals surface area contributed by atoms with E-state index in [-0.39, 0.29) is 5.54 Å². The lowest BCUT2D eigenvalue weighted by atomic mass is 9.63. The van der Waals surface area contributed by atoms with Gasteiger partial charge in [-0.25, -0.2) is 4.68 Å². The molecule has 0 aliphatic heterocycles. The van der Waals surface area contributed by atoms with Gasteiger partial charge in [0.2, 0.25) is 0 Å². The van der Waals surface area contributed by atoms with Crippen LogP contribution in [0.15, 0.2) is 24.3 Å². The van der Waals surface area contributed by atoms with Crippen molar-refractivity contribution in [3.05, 3.63) is 46.8 Å². The first-order chi connectivity index (χ1) is 10.1. The first-order valence-electron chi connectivity index (χ1n) is 8.08. The summed E-state index contributed by atoms with van der Waals surface area (Å²) in [6.07, 6.45) is 4.72. The van der Waals surface area contributed by atoms with Crippen molar-refractivity contribution in [1.82, 2.24) is 15.0 Å². The molecule has 0 saturated carbocycles. The molecule has 0 spiro atoms. The fourth-order valence-electron chi connectivity index (χ4n) is 4.11. The van der Waals surface area contributed by atoms with Crippen LogP contribution in [0.25, 0.3) is 0 Å². The maximum Gasteiger partial charge on any atom is 0.0865 e. The average Bonchev–Trinajstić information content (AvgIpc) is 2.81. The Kier molecular flexibility index (Phi) is 2.75. The second-order valence-corrected chi connectivity index (χ2v) is 7.50. The van der Waals surface area contributed by atoms with Crippen molar-refractivity contribution >= 4 is 0 Å². The van der Waals surface area contributed by atoms with Crippen LogP contribution in [-0.4, -0.2) is 15.0 Å². The Labute approximate surface area is 126 Å². The molecular formula is C18H23N3. The second kappa shape index (κ2) is 4.43. The summed E-state index contributed by atoms with van der Waals surface area (Å²) in [7, 11) is 0. The summed E-state index contributed by atoms with van der Waals surface area (Å²) in [4.78, 5) is 0. The van der Waals surface area contributed by atoms with Gasteiger partial charge in [0.15, 0.2) is 0 Å². The first-order valence-corrected chi connectivity index (χ1v) is 8.08. The average molecular weight is 281 g/mol. The fraction of sp³-hybridized carbons (Fsp3) is 0.556. The zero-order chi connectivity index (χ0) is 14.6. The largest absolute Gasteiger partial charge is 0.244 e. The molecule has 0 bridgehead atoms. The van der Waals surface area contributed by atoms with E-state index in [2.05, 4.69) is 60.0 Å². The molecule has 2 atom stereocenters. The monoisotopic (exact) mass is 281 g/mol. The third kappa shape index (κ3) is 1.94. The van der Waals surface area contributed by atoms with Gasteiger partial charge in [0, 0.05) is 6.42 Å². The molecule has 110 valence electrons. The molecule has 2 unspecified atom stereocenters. The Balaban J connectivity index is 1.72. The fourth-order valence-corrected chi connectivity index (χ4v) is 4.11. The summed E-state index contributed by atoms with van der Waals surface area (Å²) in [6, 6.07) is 8.95. The van der Waals surface area contributed by atoms with Gasteiger partial charge in [0.25, 0.3) is 0 Å². The molecule has 1 aromatic carbocycles. The van der Waals surface area contributed by atoms with Crippen molar-refractivity contribution in [2.24, 2.45) is 0 Å². The predicted molar refractivity (Wildman–Crippen MR) is 83.6 cm³/mol. The van der Waals surface area contributed by atoms with Crippen molar-refractivity contribution in [2.75, 3.05) is 0 Å². The van der Waals surface area contributed by atoms with Gasteiger partial charge in [-0.2, -0.15) is 0 Å². The van der Waals surface area contributed by atoms with E-state index in [0.717, 1.165) is 18.8 Å². The summed E-state index contributed by atoms with van der Waals surface area (Å²) in [5.41, 5.74) is 5.74. The molecule has 1 heterocycles. The Morgan fingerprint density at radius 2 is 1.81 bits per heavy atom. The van der Waals surface area contributed by atoms with Crippen molar-refractivity contribution in [1.29, 1.82) is 0 Å². The highest BCUT2D eigenvalue weighted by Gasteiger charge is 2.39. The summed E-state index contributed by atoms with van der Waals surface area (Å²) in [6.45, 7) is 6.63. The smallest absolute Gasteiger partial charge is 0.0865 e. The van der Waals surface area contributed by atoms with E-state index < -0.39 is 0 Å². The van der Waals surface area contributed by atoms with Gasteiger partial charge < -0.3 is 0 Å². The number of hydrogen-bond acceptors (Lipinski definition) is 2. The van der Waals surface area contributed by atoms with Gasteiger partial charge in [-0.05, 0) is 63.0 Å². The normalized spacial score (nSPS) is 24.1. The van der Waals surface area contributed by atoms with Crippen LogP contribution in [0, 0.1) is 0 Å². The Morgan fingerprint density at radius 3 is 2.52 bits per heavy atom. The van der Waals surface area contributed by atoms with Crippen LogP contribution in [0.3, 0.4) is 0 Å². The number of nitrogens with zero attached hydrogens (tertiary/aromatic N) is 3. The standard InChI is InChI=1S/C18H23N3/c1-18(2,3)21-17-10-6-9-14-12-7-4-5-8-13(12)15(14)11-16(17)19-20-21/h4-5,7-8,14-15H,6,9-11H2,1-3H3. The van der Waals surface area contributed by atoms with Gasteiger partial charge in [-0.3, -0.25) is 0 Å². The van der Waals surface area contributed by atoms with Gasteiger partial charge in [0.05, 0.1) is 16.9 Å². The number of fused-ring (bicyclic) bond motifs is 5. The van der Waals surface area contributed by atoms with E-state index >= 15 is 0 Å². The van der Waals surface area contributed by atoms with E-state index in [0.29, 0.717) is 5.92 Å². The molecule has 21 heavy (non-hydrogen) atoms.